The third-order valence-electron chi connectivity index (χ3n) is 3.35. The van der Waals surface area contributed by atoms with E-state index in [9.17, 15) is 0 Å². The third kappa shape index (κ3) is 15.1. The van der Waals surface area contributed by atoms with Crippen molar-refractivity contribution in [1.82, 2.24) is 0 Å². The Morgan fingerprint density at radius 1 is 0.850 bits per heavy atom. The summed E-state index contributed by atoms with van der Waals surface area (Å²) in [4.78, 5) is 17.6. The molecule has 0 bridgehead atoms. The molecule has 0 aliphatic heterocycles. The number of unbranched alkanes of at least 4 members (excludes halogenated alkanes) is 9. The fraction of sp³-hybridized carbons (Fsp3) is 1.00. The Labute approximate surface area is 130 Å². The molecule has 0 rings (SSSR count). The van der Waals surface area contributed by atoms with Gasteiger partial charge in [0.15, 0.2) is 0 Å². The highest BCUT2D eigenvalue weighted by Crippen LogP contribution is 2.33. The molecule has 0 heterocycles. The first-order valence-electron chi connectivity index (χ1n) is 8.17. The Morgan fingerprint density at radius 3 is 1.80 bits per heavy atom. The van der Waals surface area contributed by atoms with Gasteiger partial charge in [0, 0.05) is 0 Å². The topological polar surface area (TPSA) is 49.7 Å². The average molecular weight is 324 g/mol. The Bertz CT molecular complexity index is 194. The standard InChI is InChI=1S/C15H33O3PS/c1-3-5-6-7-8-9-10-11-12-13-14-20-15(4-2)18-19(16)17/h15-17H,3-14H2,1-2H3. The number of hydrogen-bond acceptors (Lipinski definition) is 4. The Balaban J connectivity index is 3.19. The average Bonchev–Trinajstić information content (AvgIpc) is 2.43. The molecule has 0 aliphatic rings. The van der Waals surface area contributed by atoms with Crippen LogP contribution in [-0.4, -0.2) is 21.0 Å². The molecule has 1 unspecified atom stereocenters. The fourth-order valence-electron chi connectivity index (χ4n) is 2.13. The maximum Gasteiger partial charge on any atom is 0.328 e. The van der Waals surface area contributed by atoms with Crippen molar-refractivity contribution in [3.05, 3.63) is 0 Å². The zero-order chi connectivity index (χ0) is 15.1. The second kappa shape index (κ2) is 16.0. The maximum atomic E-state index is 8.82. The van der Waals surface area contributed by atoms with Crippen molar-refractivity contribution in [2.75, 3.05) is 5.75 Å². The quantitative estimate of drug-likeness (QED) is 0.234. The number of hydrogen-bond donors (Lipinski definition) is 2. The summed E-state index contributed by atoms with van der Waals surface area (Å²) in [7, 11) is -2.21. The largest absolute Gasteiger partial charge is 0.328 e. The first-order chi connectivity index (χ1) is 9.70. The molecule has 5 heteroatoms. The minimum absolute atomic E-state index is 0.0605. The van der Waals surface area contributed by atoms with Crippen molar-refractivity contribution in [1.29, 1.82) is 0 Å². The molecule has 0 saturated heterocycles. The van der Waals surface area contributed by atoms with Crippen LogP contribution >= 0.6 is 20.4 Å². The molecular weight excluding hydrogens is 291 g/mol. The summed E-state index contributed by atoms with van der Waals surface area (Å²) in [6.45, 7) is 4.27. The van der Waals surface area contributed by atoms with Gasteiger partial charge in [-0.25, -0.2) is 0 Å². The maximum absolute atomic E-state index is 8.82. The second-order valence-electron chi connectivity index (χ2n) is 5.25. The van der Waals surface area contributed by atoms with Crippen molar-refractivity contribution in [3.8, 4) is 0 Å². The van der Waals surface area contributed by atoms with Gasteiger partial charge in [-0.05, 0) is 18.6 Å². The van der Waals surface area contributed by atoms with E-state index in [1.54, 1.807) is 11.8 Å². The van der Waals surface area contributed by atoms with Gasteiger partial charge in [-0.2, -0.15) is 0 Å². The van der Waals surface area contributed by atoms with Gasteiger partial charge in [-0.3, -0.25) is 4.52 Å². The van der Waals surface area contributed by atoms with E-state index in [-0.39, 0.29) is 5.44 Å². The van der Waals surface area contributed by atoms with Gasteiger partial charge in [0.05, 0.1) is 0 Å². The first kappa shape index (κ1) is 20.7. The Morgan fingerprint density at radius 2 is 1.35 bits per heavy atom. The Kier molecular flexibility index (Phi) is 16.6. The molecule has 0 aromatic carbocycles. The molecule has 122 valence electrons. The first-order valence-corrected chi connectivity index (χ1v) is 10.4. The van der Waals surface area contributed by atoms with E-state index in [0.717, 1.165) is 12.2 Å². The van der Waals surface area contributed by atoms with Crippen LogP contribution < -0.4 is 0 Å². The van der Waals surface area contributed by atoms with Gasteiger partial charge in [0.25, 0.3) is 0 Å². The summed E-state index contributed by atoms with van der Waals surface area (Å²) in [5.41, 5.74) is -0.0605. The fourth-order valence-corrected chi connectivity index (χ4v) is 3.84. The highest BCUT2D eigenvalue weighted by atomic mass is 32.2. The normalized spacial score (nSPS) is 13.1. The lowest BCUT2D eigenvalue weighted by Crippen LogP contribution is -2.04. The molecule has 3 nitrogen and oxygen atoms in total. The van der Waals surface area contributed by atoms with E-state index in [2.05, 4.69) is 6.92 Å². The van der Waals surface area contributed by atoms with Gasteiger partial charge in [-0.1, -0.05) is 71.6 Å². The smallest absolute Gasteiger partial charge is 0.328 e. The monoisotopic (exact) mass is 324 g/mol. The highest BCUT2D eigenvalue weighted by molar-refractivity contribution is 7.99. The van der Waals surface area contributed by atoms with Crippen LogP contribution in [0.4, 0.5) is 0 Å². The van der Waals surface area contributed by atoms with Gasteiger partial charge in [-0.15, -0.1) is 11.8 Å². The van der Waals surface area contributed by atoms with Crippen LogP contribution in [0.25, 0.3) is 0 Å². The van der Waals surface area contributed by atoms with Crippen LogP contribution in [0, 0.1) is 0 Å². The summed E-state index contributed by atoms with van der Waals surface area (Å²) < 4.78 is 5.03. The third-order valence-corrected chi connectivity index (χ3v) is 5.26. The van der Waals surface area contributed by atoms with E-state index >= 15 is 0 Å². The van der Waals surface area contributed by atoms with Gasteiger partial charge in [0.2, 0.25) is 0 Å². The van der Waals surface area contributed by atoms with Crippen molar-refractivity contribution < 1.29 is 14.3 Å². The highest BCUT2D eigenvalue weighted by Gasteiger charge is 2.11. The van der Waals surface area contributed by atoms with Gasteiger partial charge >= 0.3 is 8.60 Å². The molecule has 0 aromatic heterocycles. The predicted molar refractivity (Wildman–Crippen MR) is 90.8 cm³/mol. The summed E-state index contributed by atoms with van der Waals surface area (Å²) >= 11 is 1.70. The lowest BCUT2D eigenvalue weighted by molar-refractivity contribution is 0.232. The van der Waals surface area contributed by atoms with Crippen LogP contribution in [0.1, 0.15) is 84.5 Å². The SMILES string of the molecule is CCCCCCCCCCCCSC(CC)OP(O)O. The predicted octanol–water partition coefficient (Wildman–Crippen LogP) is 5.60. The zero-order valence-corrected chi connectivity index (χ0v) is 14.9. The molecule has 2 N–H and O–H groups in total. The molecule has 0 radical (unpaired) electrons. The molecule has 0 fully saturated rings. The summed E-state index contributed by atoms with van der Waals surface area (Å²) in [5.74, 6) is 1.05. The summed E-state index contributed by atoms with van der Waals surface area (Å²) in [5, 5.41) is 0. The Hall–Kier alpha value is 0.660. The van der Waals surface area contributed by atoms with Crippen molar-refractivity contribution in [2.45, 2.75) is 89.9 Å². The van der Waals surface area contributed by atoms with Crippen LogP contribution in [0.5, 0.6) is 0 Å². The molecule has 0 spiro atoms. The molecule has 0 aliphatic carbocycles. The minimum Gasteiger partial charge on any atom is -0.328 e. The van der Waals surface area contributed by atoms with E-state index < -0.39 is 8.60 Å². The van der Waals surface area contributed by atoms with E-state index in [1.807, 2.05) is 6.92 Å². The zero-order valence-electron chi connectivity index (χ0n) is 13.2. The lowest BCUT2D eigenvalue weighted by atomic mass is 10.1. The lowest BCUT2D eigenvalue weighted by Gasteiger charge is -2.15. The summed E-state index contributed by atoms with van der Waals surface area (Å²) in [6, 6.07) is 0. The van der Waals surface area contributed by atoms with Crippen LogP contribution in [0.2, 0.25) is 0 Å². The van der Waals surface area contributed by atoms with Gasteiger partial charge in [0.1, 0.15) is 5.44 Å². The number of rotatable bonds is 15. The van der Waals surface area contributed by atoms with Crippen LogP contribution in [0.3, 0.4) is 0 Å². The van der Waals surface area contributed by atoms with Crippen molar-refractivity contribution >= 4 is 20.4 Å². The number of thioether (sulfide) groups is 1. The summed E-state index contributed by atoms with van der Waals surface area (Å²) in [6.07, 6.45) is 14.3. The van der Waals surface area contributed by atoms with Crippen molar-refractivity contribution in [3.63, 3.8) is 0 Å². The molecule has 0 aromatic rings. The van der Waals surface area contributed by atoms with E-state index in [4.69, 9.17) is 14.3 Å². The van der Waals surface area contributed by atoms with Crippen LogP contribution in [-0.2, 0) is 4.52 Å². The molecular formula is C15H33O3PS. The van der Waals surface area contributed by atoms with E-state index in [1.165, 1.54) is 64.2 Å². The molecule has 0 amide bonds. The van der Waals surface area contributed by atoms with E-state index in [0.29, 0.717) is 0 Å². The molecule has 1 atom stereocenters. The van der Waals surface area contributed by atoms with Gasteiger partial charge < -0.3 is 9.79 Å². The molecule has 20 heavy (non-hydrogen) atoms. The molecule has 0 saturated carbocycles. The van der Waals surface area contributed by atoms with Crippen LogP contribution in [0.15, 0.2) is 0 Å². The van der Waals surface area contributed by atoms with Crippen molar-refractivity contribution in [2.24, 2.45) is 0 Å². The minimum atomic E-state index is -2.21. The second-order valence-corrected chi connectivity index (χ2v) is 7.23.